The summed E-state index contributed by atoms with van der Waals surface area (Å²) in [6, 6.07) is 4.77. The number of aromatic nitrogens is 1. The van der Waals surface area contributed by atoms with Gasteiger partial charge in [0.2, 0.25) is 0 Å². The first-order valence-electron chi connectivity index (χ1n) is 5.74. The van der Waals surface area contributed by atoms with Gasteiger partial charge < -0.3 is 10.3 Å². The van der Waals surface area contributed by atoms with E-state index in [2.05, 4.69) is 10.3 Å². The van der Waals surface area contributed by atoms with Gasteiger partial charge in [-0.25, -0.2) is 0 Å². The number of aromatic amines is 1. The Bertz CT molecular complexity index is 316. The monoisotopic (exact) mass is 206 g/mol. The van der Waals surface area contributed by atoms with Crippen molar-refractivity contribution >= 4 is 0 Å². The Labute approximate surface area is 89.9 Å². The molecular weight excluding hydrogens is 188 g/mol. The van der Waals surface area contributed by atoms with Gasteiger partial charge in [0.15, 0.2) is 5.43 Å². The Morgan fingerprint density at radius 2 is 1.60 bits per heavy atom. The van der Waals surface area contributed by atoms with E-state index in [1.165, 1.54) is 44.2 Å². The molecule has 2 saturated heterocycles. The third-order valence-electron chi connectivity index (χ3n) is 3.13. The van der Waals surface area contributed by atoms with E-state index in [4.69, 9.17) is 0 Å². The molecule has 3 rings (SSSR count). The lowest BCUT2D eigenvalue weighted by atomic mass is 10.1. The lowest BCUT2D eigenvalue weighted by Crippen LogP contribution is -2.33. The van der Waals surface area contributed by atoms with Crippen LogP contribution >= 0.6 is 0 Å². The molecule has 1 aromatic rings. The van der Waals surface area contributed by atoms with Gasteiger partial charge >= 0.3 is 0 Å². The fourth-order valence-corrected chi connectivity index (χ4v) is 2.34. The maximum absolute atomic E-state index is 10.2. The highest BCUT2D eigenvalue weighted by Crippen LogP contribution is 2.25. The van der Waals surface area contributed by atoms with Crippen molar-refractivity contribution in [3.63, 3.8) is 0 Å². The quantitative estimate of drug-likeness (QED) is 0.678. The van der Waals surface area contributed by atoms with E-state index in [9.17, 15) is 4.79 Å². The first-order chi connectivity index (χ1) is 7.34. The van der Waals surface area contributed by atoms with Crippen molar-refractivity contribution in [1.82, 2.24) is 10.3 Å². The van der Waals surface area contributed by atoms with Gasteiger partial charge in [0, 0.05) is 36.6 Å². The second-order valence-electron chi connectivity index (χ2n) is 4.30. The number of H-pyrrole nitrogens is 1. The lowest BCUT2D eigenvalue weighted by Gasteiger charge is -2.19. The van der Waals surface area contributed by atoms with Crippen LogP contribution < -0.4 is 10.7 Å². The Morgan fingerprint density at radius 3 is 2.00 bits per heavy atom. The molecular formula is C12H18N2O. The smallest absolute Gasteiger partial charge is 0.181 e. The second-order valence-corrected chi connectivity index (χ2v) is 4.30. The molecule has 0 saturated carbocycles. The highest BCUT2D eigenvalue weighted by molar-refractivity contribution is 4.90. The van der Waals surface area contributed by atoms with Crippen LogP contribution in [0.15, 0.2) is 29.3 Å². The van der Waals surface area contributed by atoms with Crippen molar-refractivity contribution in [2.45, 2.75) is 44.2 Å². The minimum absolute atomic E-state index is 0.0405. The van der Waals surface area contributed by atoms with Crippen LogP contribution in [0.3, 0.4) is 0 Å². The molecule has 3 nitrogen and oxygen atoms in total. The number of piperidine rings is 1. The SMILES string of the molecule is C1C[C@@H]2CC[C@H](C1)N2.O=c1cc[nH]cc1. The summed E-state index contributed by atoms with van der Waals surface area (Å²) < 4.78 is 0. The van der Waals surface area contributed by atoms with Gasteiger partial charge in [0.05, 0.1) is 0 Å². The Hall–Kier alpha value is -1.09. The summed E-state index contributed by atoms with van der Waals surface area (Å²) in [5.74, 6) is 0. The summed E-state index contributed by atoms with van der Waals surface area (Å²) in [6.07, 6.45) is 10.5. The summed E-state index contributed by atoms with van der Waals surface area (Å²) in [5, 5.41) is 3.59. The molecule has 1 aromatic heterocycles. The Balaban J connectivity index is 0.000000115. The standard InChI is InChI=1S/C7H13N.C5H5NO/c1-2-6-4-5-7(3-1)8-6;7-5-1-3-6-4-2-5/h6-8H,1-5H2;1-4H,(H,6,7)/t6-,7+;. The zero-order valence-electron chi connectivity index (χ0n) is 8.91. The molecule has 2 bridgehead atoms. The number of hydrogen-bond donors (Lipinski definition) is 2. The fourth-order valence-electron chi connectivity index (χ4n) is 2.34. The van der Waals surface area contributed by atoms with E-state index in [1.54, 1.807) is 12.4 Å². The van der Waals surface area contributed by atoms with Crippen molar-refractivity contribution < 1.29 is 0 Å². The highest BCUT2D eigenvalue weighted by Gasteiger charge is 2.26. The molecule has 2 N–H and O–H groups in total. The average molecular weight is 206 g/mol. The third kappa shape index (κ3) is 3.20. The maximum atomic E-state index is 10.2. The summed E-state index contributed by atoms with van der Waals surface area (Å²) in [7, 11) is 0. The molecule has 0 unspecified atom stereocenters. The molecule has 82 valence electrons. The number of hydrogen-bond acceptors (Lipinski definition) is 2. The van der Waals surface area contributed by atoms with Crippen LogP contribution in [0.4, 0.5) is 0 Å². The number of nitrogens with one attached hydrogen (secondary N) is 2. The molecule has 2 atom stereocenters. The van der Waals surface area contributed by atoms with Gasteiger partial charge in [0.25, 0.3) is 0 Å². The van der Waals surface area contributed by atoms with Crippen LogP contribution in [0.25, 0.3) is 0 Å². The Morgan fingerprint density at radius 1 is 1.00 bits per heavy atom. The Kier molecular flexibility index (Phi) is 3.56. The number of fused-ring (bicyclic) bond motifs is 2. The van der Waals surface area contributed by atoms with Gasteiger partial charge in [-0.3, -0.25) is 4.79 Å². The summed E-state index contributed by atoms with van der Waals surface area (Å²) in [5.41, 5.74) is 0.0405. The van der Waals surface area contributed by atoms with Crippen LogP contribution in [-0.2, 0) is 0 Å². The van der Waals surface area contributed by atoms with Crippen molar-refractivity contribution in [2.24, 2.45) is 0 Å². The summed E-state index contributed by atoms with van der Waals surface area (Å²) >= 11 is 0. The molecule has 0 spiro atoms. The van der Waals surface area contributed by atoms with Crippen molar-refractivity contribution in [2.75, 3.05) is 0 Å². The molecule has 2 aliphatic heterocycles. The van der Waals surface area contributed by atoms with Gasteiger partial charge in [-0.2, -0.15) is 0 Å². The van der Waals surface area contributed by atoms with Gasteiger partial charge in [-0.05, 0) is 25.7 Å². The normalized spacial score (nSPS) is 28.0. The number of rotatable bonds is 0. The molecule has 0 aromatic carbocycles. The molecule has 3 heterocycles. The van der Waals surface area contributed by atoms with E-state index in [1.807, 2.05) is 0 Å². The van der Waals surface area contributed by atoms with Crippen LogP contribution in [0.1, 0.15) is 32.1 Å². The zero-order chi connectivity index (χ0) is 10.5. The van der Waals surface area contributed by atoms with Crippen molar-refractivity contribution in [3.8, 4) is 0 Å². The minimum Gasteiger partial charge on any atom is -0.367 e. The van der Waals surface area contributed by atoms with E-state index >= 15 is 0 Å². The molecule has 0 radical (unpaired) electrons. The molecule has 15 heavy (non-hydrogen) atoms. The first-order valence-corrected chi connectivity index (χ1v) is 5.74. The van der Waals surface area contributed by atoms with Crippen LogP contribution in [0, 0.1) is 0 Å². The van der Waals surface area contributed by atoms with Crippen LogP contribution in [-0.4, -0.2) is 17.1 Å². The largest absolute Gasteiger partial charge is 0.367 e. The number of pyridine rings is 1. The van der Waals surface area contributed by atoms with Crippen molar-refractivity contribution in [1.29, 1.82) is 0 Å². The predicted molar refractivity (Wildman–Crippen MR) is 60.9 cm³/mol. The van der Waals surface area contributed by atoms with E-state index in [-0.39, 0.29) is 5.43 Å². The predicted octanol–water partition coefficient (Wildman–Crippen LogP) is 1.67. The summed E-state index contributed by atoms with van der Waals surface area (Å²) in [6.45, 7) is 0. The molecule has 3 heteroatoms. The third-order valence-corrected chi connectivity index (χ3v) is 3.13. The average Bonchev–Trinajstić information content (AvgIpc) is 2.60. The second kappa shape index (κ2) is 5.12. The van der Waals surface area contributed by atoms with Gasteiger partial charge in [-0.15, -0.1) is 0 Å². The van der Waals surface area contributed by atoms with Crippen LogP contribution in [0.2, 0.25) is 0 Å². The molecule has 0 amide bonds. The summed E-state index contributed by atoms with van der Waals surface area (Å²) in [4.78, 5) is 13.0. The molecule has 0 aliphatic carbocycles. The molecule has 2 fully saturated rings. The van der Waals surface area contributed by atoms with E-state index in [0.717, 1.165) is 12.1 Å². The highest BCUT2D eigenvalue weighted by atomic mass is 16.1. The zero-order valence-corrected chi connectivity index (χ0v) is 8.91. The fraction of sp³-hybridized carbons (Fsp3) is 0.583. The van der Waals surface area contributed by atoms with Crippen molar-refractivity contribution in [3.05, 3.63) is 34.7 Å². The first kappa shape index (κ1) is 10.4. The van der Waals surface area contributed by atoms with E-state index < -0.39 is 0 Å². The molecule has 2 aliphatic rings. The van der Waals surface area contributed by atoms with Crippen LogP contribution in [0.5, 0.6) is 0 Å². The van der Waals surface area contributed by atoms with E-state index in [0.29, 0.717) is 0 Å². The lowest BCUT2D eigenvalue weighted by molar-refractivity contribution is 0.406. The van der Waals surface area contributed by atoms with Gasteiger partial charge in [0.1, 0.15) is 0 Å². The topological polar surface area (TPSA) is 44.9 Å². The minimum atomic E-state index is 0.0405. The maximum Gasteiger partial charge on any atom is 0.181 e. The van der Waals surface area contributed by atoms with Gasteiger partial charge in [-0.1, -0.05) is 6.42 Å².